The molecule has 7 nitrogen and oxygen atoms in total. The fraction of sp³-hybridized carbons (Fsp3) is 0.615. The summed E-state index contributed by atoms with van der Waals surface area (Å²) in [6.07, 6.45) is 0.827. The molecule has 0 saturated heterocycles. The number of carbonyl (C=O) groups is 3. The Morgan fingerprint density at radius 3 is 2.40 bits per heavy atom. The number of nitrogens with one attached hydrogen (secondary N) is 2. The van der Waals surface area contributed by atoms with Crippen LogP contribution in [0.2, 0.25) is 0 Å². The fourth-order valence-corrected chi connectivity index (χ4v) is 1.25. The highest BCUT2D eigenvalue weighted by Crippen LogP contribution is 2.07. The summed E-state index contributed by atoms with van der Waals surface area (Å²) in [6.45, 7) is 8.84. The third kappa shape index (κ3) is 8.96. The van der Waals surface area contributed by atoms with E-state index in [0.717, 1.165) is 0 Å². The smallest absolute Gasteiger partial charge is 0.408 e. The highest BCUT2D eigenvalue weighted by molar-refractivity contribution is 5.89. The van der Waals surface area contributed by atoms with E-state index in [1.54, 1.807) is 26.8 Å². The number of hydrogen-bond donors (Lipinski definition) is 3. The SMILES string of the molecule is C=CCCNC(=O)C(CC(=O)O)NC(=O)OC(C)(C)C. The van der Waals surface area contributed by atoms with Gasteiger partial charge in [-0.15, -0.1) is 6.58 Å². The summed E-state index contributed by atoms with van der Waals surface area (Å²) < 4.78 is 4.99. The summed E-state index contributed by atoms with van der Waals surface area (Å²) in [5, 5.41) is 13.5. The van der Waals surface area contributed by atoms with Gasteiger partial charge in [-0.1, -0.05) is 6.08 Å². The Morgan fingerprint density at radius 2 is 1.95 bits per heavy atom. The van der Waals surface area contributed by atoms with Crippen molar-refractivity contribution in [1.82, 2.24) is 10.6 Å². The molecule has 2 amide bonds. The number of ether oxygens (including phenoxy) is 1. The average molecular weight is 286 g/mol. The van der Waals surface area contributed by atoms with Crippen molar-refractivity contribution in [3.63, 3.8) is 0 Å². The first-order valence-corrected chi connectivity index (χ1v) is 6.25. The van der Waals surface area contributed by atoms with Gasteiger partial charge in [0.1, 0.15) is 11.6 Å². The van der Waals surface area contributed by atoms with Gasteiger partial charge in [0, 0.05) is 6.54 Å². The molecule has 0 saturated carbocycles. The number of amides is 2. The molecule has 0 aromatic carbocycles. The van der Waals surface area contributed by atoms with Crippen LogP contribution in [0.15, 0.2) is 12.7 Å². The summed E-state index contributed by atoms with van der Waals surface area (Å²) in [5.74, 6) is -1.76. The quantitative estimate of drug-likeness (QED) is 0.479. The molecule has 114 valence electrons. The van der Waals surface area contributed by atoms with E-state index >= 15 is 0 Å². The molecule has 0 radical (unpaired) electrons. The maximum atomic E-state index is 11.8. The first kappa shape index (κ1) is 17.9. The second kappa shape index (κ2) is 8.19. The van der Waals surface area contributed by atoms with Gasteiger partial charge in [-0.05, 0) is 27.2 Å². The summed E-state index contributed by atoms with van der Waals surface area (Å²) in [4.78, 5) is 34.1. The summed E-state index contributed by atoms with van der Waals surface area (Å²) in [5.41, 5.74) is -0.725. The Hall–Kier alpha value is -2.05. The number of carbonyl (C=O) groups excluding carboxylic acids is 2. The van der Waals surface area contributed by atoms with Crippen molar-refractivity contribution in [2.24, 2.45) is 0 Å². The van der Waals surface area contributed by atoms with Crippen molar-refractivity contribution in [2.75, 3.05) is 6.54 Å². The van der Waals surface area contributed by atoms with Crippen LogP contribution in [0.1, 0.15) is 33.6 Å². The van der Waals surface area contributed by atoms with Gasteiger partial charge >= 0.3 is 12.1 Å². The normalized spacial score (nSPS) is 12.2. The number of alkyl carbamates (subject to hydrolysis) is 1. The number of rotatable bonds is 7. The zero-order valence-corrected chi connectivity index (χ0v) is 12.1. The molecule has 0 aromatic rings. The monoisotopic (exact) mass is 286 g/mol. The van der Waals surface area contributed by atoms with E-state index in [-0.39, 0.29) is 0 Å². The van der Waals surface area contributed by atoms with Gasteiger partial charge in [-0.3, -0.25) is 9.59 Å². The predicted molar refractivity (Wildman–Crippen MR) is 73.2 cm³/mol. The largest absolute Gasteiger partial charge is 0.481 e. The molecular formula is C13H22N2O5. The zero-order chi connectivity index (χ0) is 15.8. The number of carboxylic acids is 1. The highest BCUT2D eigenvalue weighted by Gasteiger charge is 2.26. The van der Waals surface area contributed by atoms with Crippen LogP contribution in [0.5, 0.6) is 0 Å². The molecule has 0 aliphatic rings. The minimum absolute atomic E-state index is 0.328. The Balaban J connectivity index is 4.55. The van der Waals surface area contributed by atoms with Crippen LogP contribution < -0.4 is 10.6 Å². The average Bonchev–Trinajstić information content (AvgIpc) is 2.25. The first-order chi connectivity index (χ1) is 9.15. The molecule has 0 aliphatic carbocycles. The van der Waals surface area contributed by atoms with Gasteiger partial charge in [-0.25, -0.2) is 4.79 Å². The lowest BCUT2D eigenvalue weighted by Gasteiger charge is -2.22. The van der Waals surface area contributed by atoms with Crippen molar-refractivity contribution in [2.45, 2.75) is 45.3 Å². The standard InChI is InChI=1S/C13H22N2O5/c1-5-6-7-14-11(18)9(8-10(16)17)15-12(19)20-13(2,3)4/h5,9H,1,6-8H2,2-4H3,(H,14,18)(H,15,19)(H,16,17). The maximum absolute atomic E-state index is 11.8. The van der Waals surface area contributed by atoms with Gasteiger partial charge in [-0.2, -0.15) is 0 Å². The number of aliphatic carboxylic acids is 1. The van der Waals surface area contributed by atoms with E-state index in [0.29, 0.717) is 13.0 Å². The predicted octanol–water partition coefficient (Wildman–Crippen LogP) is 1.05. The van der Waals surface area contributed by atoms with Crippen LogP contribution in [-0.4, -0.2) is 41.3 Å². The maximum Gasteiger partial charge on any atom is 0.408 e. The van der Waals surface area contributed by atoms with Crippen LogP contribution in [0, 0.1) is 0 Å². The molecule has 20 heavy (non-hydrogen) atoms. The lowest BCUT2D eigenvalue weighted by atomic mass is 10.2. The van der Waals surface area contributed by atoms with Gasteiger partial charge in [0.15, 0.2) is 0 Å². The van der Waals surface area contributed by atoms with Gasteiger partial charge in [0.2, 0.25) is 5.91 Å². The molecule has 1 unspecified atom stereocenters. The topological polar surface area (TPSA) is 105 Å². The minimum atomic E-state index is -1.19. The van der Waals surface area contributed by atoms with E-state index in [2.05, 4.69) is 17.2 Å². The van der Waals surface area contributed by atoms with Crippen molar-refractivity contribution < 1.29 is 24.2 Å². The molecule has 0 heterocycles. The molecule has 0 rings (SSSR count). The van der Waals surface area contributed by atoms with Crippen molar-refractivity contribution >= 4 is 18.0 Å². The van der Waals surface area contributed by atoms with Crippen LogP contribution in [0.25, 0.3) is 0 Å². The van der Waals surface area contributed by atoms with E-state index < -0.39 is 36.0 Å². The lowest BCUT2D eigenvalue weighted by molar-refractivity contribution is -0.139. The molecule has 0 spiro atoms. The molecule has 0 bridgehead atoms. The minimum Gasteiger partial charge on any atom is -0.481 e. The molecule has 1 atom stereocenters. The summed E-state index contributed by atoms with van der Waals surface area (Å²) >= 11 is 0. The second-order valence-corrected chi connectivity index (χ2v) is 5.17. The first-order valence-electron chi connectivity index (χ1n) is 6.25. The molecule has 0 aromatic heterocycles. The Bertz CT molecular complexity index is 373. The van der Waals surface area contributed by atoms with Crippen molar-refractivity contribution in [3.8, 4) is 0 Å². The third-order valence-electron chi connectivity index (χ3n) is 2.03. The zero-order valence-electron chi connectivity index (χ0n) is 12.1. The Morgan fingerprint density at radius 1 is 1.35 bits per heavy atom. The second-order valence-electron chi connectivity index (χ2n) is 5.17. The van der Waals surface area contributed by atoms with Crippen molar-refractivity contribution in [1.29, 1.82) is 0 Å². The van der Waals surface area contributed by atoms with Crippen LogP contribution >= 0.6 is 0 Å². The van der Waals surface area contributed by atoms with E-state index in [4.69, 9.17) is 9.84 Å². The third-order valence-corrected chi connectivity index (χ3v) is 2.03. The van der Waals surface area contributed by atoms with Crippen LogP contribution in [-0.2, 0) is 14.3 Å². The molecular weight excluding hydrogens is 264 g/mol. The van der Waals surface area contributed by atoms with Gasteiger partial charge in [0.05, 0.1) is 6.42 Å². The molecule has 0 fully saturated rings. The Labute approximate surface area is 118 Å². The number of carboxylic acid groups (broad SMARTS) is 1. The fourth-order valence-electron chi connectivity index (χ4n) is 1.25. The molecule has 7 heteroatoms. The lowest BCUT2D eigenvalue weighted by Crippen LogP contribution is -2.49. The molecule has 3 N–H and O–H groups in total. The molecule has 0 aliphatic heterocycles. The van der Waals surface area contributed by atoms with Crippen LogP contribution in [0.3, 0.4) is 0 Å². The van der Waals surface area contributed by atoms with E-state index in [1.165, 1.54) is 0 Å². The van der Waals surface area contributed by atoms with E-state index in [1.807, 2.05) is 0 Å². The number of hydrogen-bond acceptors (Lipinski definition) is 4. The van der Waals surface area contributed by atoms with Crippen LogP contribution in [0.4, 0.5) is 4.79 Å². The summed E-state index contributed by atoms with van der Waals surface area (Å²) in [6, 6.07) is -1.17. The Kier molecular flexibility index (Phi) is 7.35. The van der Waals surface area contributed by atoms with Gasteiger partial charge in [0.25, 0.3) is 0 Å². The summed E-state index contributed by atoms with van der Waals surface area (Å²) in [7, 11) is 0. The van der Waals surface area contributed by atoms with Crippen molar-refractivity contribution in [3.05, 3.63) is 12.7 Å². The van der Waals surface area contributed by atoms with E-state index in [9.17, 15) is 14.4 Å². The van der Waals surface area contributed by atoms with Gasteiger partial charge < -0.3 is 20.5 Å². The highest BCUT2D eigenvalue weighted by atomic mass is 16.6.